The van der Waals surface area contributed by atoms with Crippen LogP contribution in [0.15, 0.2) is 4.99 Å². The lowest BCUT2D eigenvalue weighted by atomic mass is 10.1. The van der Waals surface area contributed by atoms with Gasteiger partial charge in [-0.3, -0.25) is 19.4 Å². The number of hydrogen-bond donors (Lipinski definition) is 7. The summed E-state index contributed by atoms with van der Waals surface area (Å²) in [5.41, 5.74) is 16.2. The highest BCUT2D eigenvalue weighted by Gasteiger charge is 2.26. The van der Waals surface area contributed by atoms with E-state index in [1.54, 1.807) is 0 Å². The second-order valence-electron chi connectivity index (χ2n) is 6.70. The third kappa shape index (κ3) is 11.5. The van der Waals surface area contributed by atoms with Crippen molar-refractivity contribution < 1.29 is 24.3 Å². The maximum absolute atomic E-state index is 12.2. The predicted molar refractivity (Wildman–Crippen MR) is 116 cm³/mol. The average Bonchev–Trinajstić information content (AvgIpc) is 2.67. The standard InChI is InChI=1S/C17H33N7O5S/c1-9(23-15(27)11(18)5-4-7-21-17(19)20)13(25)22-10(2)14(26)24-12(16(28)29)6-8-30-3/h9-12H,4-8,18H2,1-3H3,(H,22,25)(H,23,27)(H,24,26)(H,28,29)(H4,19,20,21). The summed E-state index contributed by atoms with van der Waals surface area (Å²) in [6.45, 7) is 3.20. The fourth-order valence-electron chi connectivity index (χ4n) is 2.23. The first kappa shape index (κ1) is 27.5. The number of carbonyl (C=O) groups excluding carboxylic acids is 3. The molecule has 12 nitrogen and oxygen atoms in total. The number of nitrogens with one attached hydrogen (secondary N) is 3. The number of carboxylic acids is 1. The van der Waals surface area contributed by atoms with Gasteiger partial charge in [0, 0.05) is 6.54 Å². The van der Waals surface area contributed by atoms with Gasteiger partial charge in [-0.05, 0) is 45.1 Å². The van der Waals surface area contributed by atoms with Crippen molar-refractivity contribution in [3.05, 3.63) is 0 Å². The number of thioether (sulfide) groups is 1. The molecule has 0 saturated carbocycles. The molecule has 0 aromatic carbocycles. The van der Waals surface area contributed by atoms with Crippen LogP contribution in [0.5, 0.6) is 0 Å². The van der Waals surface area contributed by atoms with Gasteiger partial charge in [0.1, 0.15) is 18.1 Å². The molecular formula is C17H33N7O5S. The van der Waals surface area contributed by atoms with E-state index in [0.717, 1.165) is 0 Å². The lowest BCUT2D eigenvalue weighted by Gasteiger charge is -2.21. The minimum atomic E-state index is -1.15. The van der Waals surface area contributed by atoms with Crippen LogP contribution < -0.4 is 33.2 Å². The Morgan fingerprint density at radius 3 is 2.00 bits per heavy atom. The summed E-state index contributed by atoms with van der Waals surface area (Å²) in [6, 6.07) is -3.81. The molecule has 0 radical (unpaired) electrons. The van der Waals surface area contributed by atoms with Gasteiger partial charge in [0.15, 0.2) is 5.96 Å². The minimum Gasteiger partial charge on any atom is -0.480 e. The molecule has 0 aliphatic carbocycles. The highest BCUT2D eigenvalue weighted by Crippen LogP contribution is 2.02. The Labute approximate surface area is 180 Å². The first-order valence-electron chi connectivity index (χ1n) is 9.43. The van der Waals surface area contributed by atoms with Crippen LogP contribution >= 0.6 is 11.8 Å². The predicted octanol–water partition coefficient (Wildman–Crippen LogP) is -2.30. The largest absolute Gasteiger partial charge is 0.480 e. The van der Waals surface area contributed by atoms with E-state index in [4.69, 9.17) is 22.3 Å². The smallest absolute Gasteiger partial charge is 0.326 e. The van der Waals surface area contributed by atoms with Crippen LogP contribution in [-0.2, 0) is 19.2 Å². The Morgan fingerprint density at radius 1 is 0.967 bits per heavy atom. The van der Waals surface area contributed by atoms with Gasteiger partial charge < -0.3 is 38.3 Å². The van der Waals surface area contributed by atoms with E-state index < -0.39 is 47.9 Å². The second kappa shape index (κ2) is 14.4. The number of aliphatic imine (C=N–C) groups is 1. The van der Waals surface area contributed by atoms with E-state index in [1.165, 1.54) is 25.6 Å². The molecule has 4 unspecified atom stereocenters. The third-order valence-electron chi connectivity index (χ3n) is 4.03. The SMILES string of the molecule is CSCCC(NC(=O)C(C)NC(=O)C(C)NC(=O)C(N)CCCN=C(N)N)C(=O)O. The van der Waals surface area contributed by atoms with E-state index in [2.05, 4.69) is 20.9 Å². The zero-order chi connectivity index (χ0) is 23.3. The Balaban J connectivity index is 4.52. The maximum atomic E-state index is 12.2. The number of nitrogens with zero attached hydrogens (tertiary/aromatic N) is 1. The van der Waals surface area contributed by atoms with E-state index in [0.29, 0.717) is 25.1 Å². The molecule has 10 N–H and O–H groups in total. The summed E-state index contributed by atoms with van der Waals surface area (Å²) in [4.78, 5) is 51.5. The van der Waals surface area contributed by atoms with Gasteiger partial charge in [0.05, 0.1) is 6.04 Å². The molecule has 0 aliphatic rings. The topological polar surface area (TPSA) is 215 Å². The zero-order valence-corrected chi connectivity index (χ0v) is 18.3. The van der Waals surface area contributed by atoms with Gasteiger partial charge in [0.2, 0.25) is 17.7 Å². The second-order valence-corrected chi connectivity index (χ2v) is 7.68. The molecule has 0 heterocycles. The number of rotatable bonds is 14. The van der Waals surface area contributed by atoms with E-state index in [-0.39, 0.29) is 12.4 Å². The van der Waals surface area contributed by atoms with Crippen LogP contribution in [0, 0.1) is 0 Å². The van der Waals surface area contributed by atoms with Gasteiger partial charge in [-0.15, -0.1) is 0 Å². The van der Waals surface area contributed by atoms with Crippen LogP contribution in [-0.4, -0.2) is 77.5 Å². The van der Waals surface area contributed by atoms with Gasteiger partial charge >= 0.3 is 5.97 Å². The van der Waals surface area contributed by atoms with Crippen LogP contribution in [0.2, 0.25) is 0 Å². The van der Waals surface area contributed by atoms with E-state index >= 15 is 0 Å². The monoisotopic (exact) mass is 447 g/mol. The molecule has 0 bridgehead atoms. The molecule has 0 aromatic rings. The minimum absolute atomic E-state index is 0.0459. The molecule has 0 aliphatic heterocycles. The number of carbonyl (C=O) groups is 4. The molecule has 4 atom stereocenters. The molecule has 13 heteroatoms. The van der Waals surface area contributed by atoms with Crippen LogP contribution in [0.4, 0.5) is 0 Å². The van der Waals surface area contributed by atoms with Crippen molar-refractivity contribution >= 4 is 41.4 Å². The number of nitrogens with two attached hydrogens (primary N) is 3. The molecule has 3 amide bonds. The molecule has 0 fully saturated rings. The van der Waals surface area contributed by atoms with Gasteiger partial charge in [-0.1, -0.05) is 0 Å². The van der Waals surface area contributed by atoms with Crippen LogP contribution in [0.3, 0.4) is 0 Å². The zero-order valence-electron chi connectivity index (χ0n) is 17.5. The van der Waals surface area contributed by atoms with Crippen LogP contribution in [0.1, 0.15) is 33.1 Å². The number of guanidine groups is 1. The van der Waals surface area contributed by atoms with Crippen molar-refractivity contribution in [3.8, 4) is 0 Å². The van der Waals surface area contributed by atoms with Crippen LogP contribution in [0.25, 0.3) is 0 Å². The molecule has 0 spiro atoms. The van der Waals surface area contributed by atoms with Crippen molar-refractivity contribution in [2.75, 3.05) is 18.6 Å². The number of amides is 3. The summed E-state index contributed by atoms with van der Waals surface area (Å²) < 4.78 is 0. The number of hydrogen-bond acceptors (Lipinski definition) is 7. The van der Waals surface area contributed by atoms with Crippen molar-refractivity contribution in [2.45, 2.75) is 57.3 Å². The average molecular weight is 448 g/mol. The fraction of sp³-hybridized carbons (Fsp3) is 0.706. The summed E-state index contributed by atoms with van der Waals surface area (Å²) in [7, 11) is 0. The van der Waals surface area contributed by atoms with Crippen molar-refractivity contribution in [1.82, 2.24) is 16.0 Å². The molecule has 172 valence electrons. The first-order valence-corrected chi connectivity index (χ1v) is 10.8. The van der Waals surface area contributed by atoms with E-state index in [9.17, 15) is 19.2 Å². The van der Waals surface area contributed by atoms with E-state index in [1.807, 2.05) is 6.26 Å². The van der Waals surface area contributed by atoms with Gasteiger partial charge in [-0.25, -0.2) is 4.79 Å². The molecule has 30 heavy (non-hydrogen) atoms. The Hall–Kier alpha value is -2.54. The molecule has 0 saturated heterocycles. The van der Waals surface area contributed by atoms with Gasteiger partial charge in [-0.2, -0.15) is 11.8 Å². The lowest BCUT2D eigenvalue weighted by molar-refractivity contribution is -0.142. The molecular weight excluding hydrogens is 414 g/mol. The first-order chi connectivity index (χ1) is 14.0. The summed E-state index contributed by atoms with van der Waals surface area (Å²) in [6.07, 6.45) is 2.90. The number of aliphatic carboxylic acids is 1. The third-order valence-corrected chi connectivity index (χ3v) is 4.68. The Morgan fingerprint density at radius 2 is 1.50 bits per heavy atom. The molecule has 0 rings (SSSR count). The molecule has 0 aromatic heterocycles. The summed E-state index contributed by atoms with van der Waals surface area (Å²) >= 11 is 1.46. The fourth-order valence-corrected chi connectivity index (χ4v) is 2.70. The summed E-state index contributed by atoms with van der Waals surface area (Å²) in [5, 5.41) is 16.5. The normalized spacial score (nSPS) is 14.5. The highest BCUT2D eigenvalue weighted by molar-refractivity contribution is 7.98. The number of carboxylic acid groups (broad SMARTS) is 1. The van der Waals surface area contributed by atoms with Crippen molar-refractivity contribution in [2.24, 2.45) is 22.2 Å². The van der Waals surface area contributed by atoms with Crippen molar-refractivity contribution in [3.63, 3.8) is 0 Å². The lowest BCUT2D eigenvalue weighted by Crippen LogP contribution is -2.55. The Bertz CT molecular complexity index is 628. The van der Waals surface area contributed by atoms with Crippen molar-refractivity contribution in [1.29, 1.82) is 0 Å². The van der Waals surface area contributed by atoms with Gasteiger partial charge in [0.25, 0.3) is 0 Å². The summed E-state index contributed by atoms with van der Waals surface area (Å²) in [5.74, 6) is -2.39. The quantitative estimate of drug-likeness (QED) is 0.0864. The maximum Gasteiger partial charge on any atom is 0.326 e. The Kier molecular flexibility index (Phi) is 13.2. The highest BCUT2D eigenvalue weighted by atomic mass is 32.2.